The van der Waals surface area contributed by atoms with Gasteiger partial charge in [-0.3, -0.25) is 4.99 Å². The zero-order chi connectivity index (χ0) is 17.0. The normalized spacial score (nSPS) is 14.5. The van der Waals surface area contributed by atoms with E-state index in [0.29, 0.717) is 0 Å². The van der Waals surface area contributed by atoms with Crippen LogP contribution in [0.2, 0.25) is 0 Å². The molecule has 1 fully saturated rings. The first-order chi connectivity index (χ1) is 11.8. The Labute approximate surface area is 146 Å². The van der Waals surface area contributed by atoms with E-state index in [1.165, 1.54) is 18.5 Å². The van der Waals surface area contributed by atoms with Gasteiger partial charge < -0.3 is 20.3 Å². The van der Waals surface area contributed by atoms with Gasteiger partial charge in [-0.05, 0) is 44.2 Å². The van der Waals surface area contributed by atoms with Gasteiger partial charge in [0.2, 0.25) is 0 Å². The van der Waals surface area contributed by atoms with E-state index in [1.54, 1.807) is 0 Å². The predicted octanol–water partition coefficient (Wildman–Crippen LogP) is 2.49. The van der Waals surface area contributed by atoms with E-state index in [-0.39, 0.29) is 0 Å². The average molecular weight is 332 g/mol. The van der Waals surface area contributed by atoms with E-state index in [0.717, 1.165) is 57.7 Å². The van der Waals surface area contributed by atoms with Crippen molar-refractivity contribution in [2.45, 2.75) is 26.2 Å². The Morgan fingerprint density at radius 1 is 1.21 bits per heavy atom. The molecule has 1 saturated carbocycles. The molecule has 24 heavy (non-hydrogen) atoms. The third-order valence-corrected chi connectivity index (χ3v) is 4.21. The van der Waals surface area contributed by atoms with E-state index in [4.69, 9.17) is 4.74 Å². The Balaban J connectivity index is 1.55. The molecule has 1 aliphatic rings. The highest BCUT2D eigenvalue weighted by Gasteiger charge is 2.20. The van der Waals surface area contributed by atoms with E-state index in [1.807, 2.05) is 7.05 Å². The Morgan fingerprint density at radius 3 is 2.62 bits per heavy atom. The Hall–Kier alpha value is -1.75. The number of para-hydroxylation sites is 1. The van der Waals surface area contributed by atoms with Crippen LogP contribution < -0.4 is 15.5 Å². The Bertz CT molecular complexity index is 474. The molecule has 1 aromatic rings. The standard InChI is InChI=1S/C19H32N4O/c1-3-23(18-8-5-4-6-9-18)14-7-12-21-19(20-2)22-13-15-24-16-17-10-11-17/h4-6,8-9,17H,3,7,10-16H2,1-2H3,(H2,20,21,22). The quantitative estimate of drug-likeness (QED) is 0.371. The topological polar surface area (TPSA) is 48.9 Å². The minimum atomic E-state index is 0.745. The highest BCUT2D eigenvalue weighted by molar-refractivity contribution is 5.79. The van der Waals surface area contributed by atoms with Gasteiger partial charge in [0.05, 0.1) is 6.61 Å². The maximum atomic E-state index is 5.62. The summed E-state index contributed by atoms with van der Waals surface area (Å²) >= 11 is 0. The first kappa shape index (κ1) is 18.6. The van der Waals surface area contributed by atoms with Crippen LogP contribution in [0.25, 0.3) is 0 Å². The van der Waals surface area contributed by atoms with Crippen LogP contribution in [-0.2, 0) is 4.74 Å². The zero-order valence-corrected chi connectivity index (χ0v) is 15.1. The molecule has 0 unspecified atom stereocenters. The van der Waals surface area contributed by atoms with Crippen molar-refractivity contribution < 1.29 is 4.74 Å². The van der Waals surface area contributed by atoms with Gasteiger partial charge >= 0.3 is 0 Å². The SMILES string of the molecule is CCN(CCCNC(=NC)NCCOCC1CC1)c1ccccc1. The fraction of sp³-hybridized carbons (Fsp3) is 0.632. The number of aliphatic imine (C=N–C) groups is 1. The van der Waals surface area contributed by atoms with Crippen molar-refractivity contribution in [3.63, 3.8) is 0 Å². The van der Waals surface area contributed by atoms with Crippen LogP contribution in [0.1, 0.15) is 26.2 Å². The number of anilines is 1. The summed E-state index contributed by atoms with van der Waals surface area (Å²) < 4.78 is 5.62. The summed E-state index contributed by atoms with van der Waals surface area (Å²) in [6.45, 7) is 7.63. The predicted molar refractivity (Wildman–Crippen MR) is 102 cm³/mol. The molecule has 0 aliphatic heterocycles. The summed E-state index contributed by atoms with van der Waals surface area (Å²) in [7, 11) is 1.81. The third-order valence-electron chi connectivity index (χ3n) is 4.21. The number of rotatable bonds is 11. The number of guanidine groups is 1. The van der Waals surface area contributed by atoms with Gasteiger partial charge in [0.1, 0.15) is 0 Å². The molecule has 0 aromatic heterocycles. The Kier molecular flexibility index (Phi) is 8.46. The van der Waals surface area contributed by atoms with Gasteiger partial charge in [-0.2, -0.15) is 0 Å². The molecule has 1 aromatic carbocycles. The molecule has 0 amide bonds. The van der Waals surface area contributed by atoms with E-state index < -0.39 is 0 Å². The number of hydrogen-bond acceptors (Lipinski definition) is 3. The second-order valence-electron chi connectivity index (χ2n) is 6.21. The van der Waals surface area contributed by atoms with Gasteiger partial charge in [-0.25, -0.2) is 0 Å². The number of ether oxygens (including phenoxy) is 1. The maximum absolute atomic E-state index is 5.62. The minimum Gasteiger partial charge on any atom is -0.379 e. The first-order valence-electron chi connectivity index (χ1n) is 9.15. The van der Waals surface area contributed by atoms with E-state index in [2.05, 4.69) is 57.8 Å². The van der Waals surface area contributed by atoms with Gasteiger partial charge in [0.25, 0.3) is 0 Å². The molecule has 0 atom stereocenters. The third kappa shape index (κ3) is 7.21. The molecule has 1 aliphatic carbocycles. The minimum absolute atomic E-state index is 0.745. The molecule has 0 saturated heterocycles. The molecule has 2 rings (SSSR count). The molecular weight excluding hydrogens is 300 g/mol. The Morgan fingerprint density at radius 2 is 1.96 bits per heavy atom. The largest absolute Gasteiger partial charge is 0.379 e. The lowest BCUT2D eigenvalue weighted by atomic mass is 10.2. The van der Waals surface area contributed by atoms with Crippen LogP contribution in [0.3, 0.4) is 0 Å². The molecular formula is C19H32N4O. The van der Waals surface area contributed by atoms with Crippen LogP contribution in [0.4, 0.5) is 5.69 Å². The number of nitrogens with zero attached hydrogens (tertiary/aromatic N) is 2. The second-order valence-corrected chi connectivity index (χ2v) is 6.21. The second kappa shape index (κ2) is 10.9. The summed E-state index contributed by atoms with van der Waals surface area (Å²) in [4.78, 5) is 6.65. The lowest BCUT2D eigenvalue weighted by Crippen LogP contribution is -2.40. The van der Waals surface area contributed by atoms with Crippen molar-refractivity contribution in [3.05, 3.63) is 30.3 Å². The lowest BCUT2D eigenvalue weighted by Gasteiger charge is -2.23. The highest BCUT2D eigenvalue weighted by atomic mass is 16.5. The number of hydrogen-bond donors (Lipinski definition) is 2. The average Bonchev–Trinajstić information content (AvgIpc) is 3.45. The molecule has 0 spiro atoms. The van der Waals surface area contributed by atoms with E-state index in [9.17, 15) is 0 Å². The molecule has 0 heterocycles. The van der Waals surface area contributed by atoms with Crippen molar-refractivity contribution in [2.75, 3.05) is 51.3 Å². The smallest absolute Gasteiger partial charge is 0.191 e. The van der Waals surface area contributed by atoms with Crippen LogP contribution in [0.5, 0.6) is 0 Å². The van der Waals surface area contributed by atoms with Crippen LogP contribution >= 0.6 is 0 Å². The highest BCUT2D eigenvalue weighted by Crippen LogP contribution is 2.28. The zero-order valence-electron chi connectivity index (χ0n) is 15.1. The van der Waals surface area contributed by atoms with Gasteiger partial charge in [-0.15, -0.1) is 0 Å². The monoisotopic (exact) mass is 332 g/mol. The van der Waals surface area contributed by atoms with Crippen LogP contribution in [0.15, 0.2) is 35.3 Å². The molecule has 134 valence electrons. The maximum Gasteiger partial charge on any atom is 0.191 e. The summed E-state index contributed by atoms with van der Waals surface area (Å²) in [6.07, 6.45) is 3.75. The number of nitrogens with one attached hydrogen (secondary N) is 2. The van der Waals surface area contributed by atoms with Crippen molar-refractivity contribution in [2.24, 2.45) is 10.9 Å². The molecule has 2 N–H and O–H groups in total. The lowest BCUT2D eigenvalue weighted by molar-refractivity contribution is 0.129. The van der Waals surface area contributed by atoms with Crippen molar-refractivity contribution >= 4 is 11.6 Å². The summed E-state index contributed by atoms with van der Waals surface area (Å²) in [5, 5.41) is 6.67. The molecule has 5 nitrogen and oxygen atoms in total. The van der Waals surface area contributed by atoms with E-state index >= 15 is 0 Å². The molecule has 0 bridgehead atoms. The fourth-order valence-corrected chi connectivity index (χ4v) is 2.58. The molecule has 5 heteroatoms. The van der Waals surface area contributed by atoms with Gasteiger partial charge in [0.15, 0.2) is 5.96 Å². The van der Waals surface area contributed by atoms with Crippen LogP contribution in [-0.4, -0.2) is 52.4 Å². The summed E-state index contributed by atoms with van der Waals surface area (Å²) in [5.41, 5.74) is 1.29. The summed E-state index contributed by atoms with van der Waals surface area (Å²) in [6, 6.07) is 10.6. The summed E-state index contributed by atoms with van der Waals surface area (Å²) in [5.74, 6) is 1.68. The van der Waals surface area contributed by atoms with Crippen molar-refractivity contribution in [3.8, 4) is 0 Å². The van der Waals surface area contributed by atoms with Crippen molar-refractivity contribution in [1.82, 2.24) is 10.6 Å². The van der Waals surface area contributed by atoms with Crippen LogP contribution in [0, 0.1) is 5.92 Å². The number of benzene rings is 1. The molecule has 0 radical (unpaired) electrons. The van der Waals surface area contributed by atoms with Crippen molar-refractivity contribution in [1.29, 1.82) is 0 Å². The first-order valence-corrected chi connectivity index (χ1v) is 9.15. The van der Waals surface area contributed by atoms with Gasteiger partial charge in [-0.1, -0.05) is 18.2 Å². The fourth-order valence-electron chi connectivity index (χ4n) is 2.58. The van der Waals surface area contributed by atoms with Gasteiger partial charge in [0, 0.05) is 45.5 Å².